The van der Waals surface area contributed by atoms with Crippen molar-refractivity contribution in [3.63, 3.8) is 0 Å². The highest BCUT2D eigenvalue weighted by Gasteiger charge is 2.24. The molecule has 0 radical (unpaired) electrons. The van der Waals surface area contributed by atoms with E-state index in [0.717, 1.165) is 12.8 Å². The van der Waals surface area contributed by atoms with Crippen LogP contribution in [0.15, 0.2) is 18.2 Å². The minimum Gasteiger partial charge on any atom is -0.505 e. The zero-order valence-corrected chi connectivity index (χ0v) is 10.5. The molecule has 1 aromatic carbocycles. The lowest BCUT2D eigenvalue weighted by Gasteiger charge is -2.28. The number of benzene rings is 1. The highest BCUT2D eigenvalue weighted by Crippen LogP contribution is 2.36. The first kappa shape index (κ1) is 14.3. The number of hydrogen-bond acceptors (Lipinski definition) is 2. The summed E-state index contributed by atoms with van der Waals surface area (Å²) in [7, 11) is 0. The van der Waals surface area contributed by atoms with Crippen molar-refractivity contribution in [2.75, 3.05) is 0 Å². The molecular formula is C13H19ClFNO. The largest absolute Gasteiger partial charge is 0.505 e. The average Bonchev–Trinajstić information content (AvgIpc) is 2.33. The molecule has 1 aliphatic rings. The van der Waals surface area contributed by atoms with Crippen LogP contribution in [0.25, 0.3) is 0 Å². The van der Waals surface area contributed by atoms with E-state index in [1.165, 1.54) is 25.3 Å². The van der Waals surface area contributed by atoms with Gasteiger partial charge in [0.25, 0.3) is 0 Å². The van der Waals surface area contributed by atoms with E-state index in [2.05, 4.69) is 0 Å². The minimum atomic E-state index is -0.580. The maximum absolute atomic E-state index is 13.2. The first-order valence-electron chi connectivity index (χ1n) is 5.93. The molecule has 2 rings (SSSR count). The molecule has 96 valence electrons. The lowest BCUT2D eigenvalue weighted by atomic mass is 9.81. The number of hydrogen-bond donors (Lipinski definition) is 2. The molecular weight excluding hydrogens is 241 g/mol. The van der Waals surface area contributed by atoms with Gasteiger partial charge in [-0.3, -0.25) is 0 Å². The fourth-order valence-electron chi connectivity index (χ4n) is 2.55. The summed E-state index contributed by atoms with van der Waals surface area (Å²) in [6.07, 6.45) is 5.80. The molecule has 0 heterocycles. The number of nitrogens with two attached hydrogens (primary N) is 1. The summed E-state index contributed by atoms with van der Waals surface area (Å²) in [5.41, 5.74) is 6.66. The van der Waals surface area contributed by atoms with E-state index >= 15 is 0 Å². The molecule has 0 aromatic heterocycles. The SMILES string of the molecule is Cl.N[C@H](c1cccc(F)c1O)C1CCCCC1. The number of rotatable bonds is 2. The third kappa shape index (κ3) is 3.11. The summed E-state index contributed by atoms with van der Waals surface area (Å²) in [6.45, 7) is 0. The number of phenols is 1. The topological polar surface area (TPSA) is 46.2 Å². The van der Waals surface area contributed by atoms with Crippen molar-refractivity contribution in [3.8, 4) is 5.75 Å². The van der Waals surface area contributed by atoms with Gasteiger partial charge in [0.05, 0.1) is 0 Å². The maximum atomic E-state index is 13.2. The Morgan fingerprint density at radius 2 is 1.88 bits per heavy atom. The fourth-order valence-corrected chi connectivity index (χ4v) is 2.55. The Labute approximate surface area is 107 Å². The Kier molecular flexibility index (Phi) is 5.22. The Bertz CT molecular complexity index is 366. The van der Waals surface area contributed by atoms with Crippen molar-refractivity contribution in [2.24, 2.45) is 11.7 Å². The summed E-state index contributed by atoms with van der Waals surface area (Å²) in [4.78, 5) is 0. The quantitative estimate of drug-likeness (QED) is 0.853. The van der Waals surface area contributed by atoms with Crippen molar-refractivity contribution in [2.45, 2.75) is 38.1 Å². The minimum absolute atomic E-state index is 0. The van der Waals surface area contributed by atoms with E-state index in [1.54, 1.807) is 12.1 Å². The number of aromatic hydroxyl groups is 1. The smallest absolute Gasteiger partial charge is 0.165 e. The van der Waals surface area contributed by atoms with Crippen LogP contribution < -0.4 is 5.73 Å². The molecule has 3 N–H and O–H groups in total. The summed E-state index contributed by atoms with van der Waals surface area (Å²) in [5.74, 6) is -0.481. The highest BCUT2D eigenvalue weighted by molar-refractivity contribution is 5.85. The second kappa shape index (κ2) is 6.22. The summed E-state index contributed by atoms with van der Waals surface area (Å²) in [5, 5.41) is 9.64. The van der Waals surface area contributed by atoms with Crippen LogP contribution in [0.5, 0.6) is 5.75 Å². The van der Waals surface area contributed by atoms with Crippen molar-refractivity contribution < 1.29 is 9.50 Å². The van der Waals surface area contributed by atoms with Crippen LogP contribution in [0.2, 0.25) is 0 Å². The number of halogens is 2. The van der Waals surface area contributed by atoms with Crippen LogP contribution in [0, 0.1) is 11.7 Å². The van der Waals surface area contributed by atoms with Crippen molar-refractivity contribution in [1.29, 1.82) is 0 Å². The van der Waals surface area contributed by atoms with E-state index in [4.69, 9.17) is 5.73 Å². The molecule has 1 aromatic rings. The second-order valence-electron chi connectivity index (χ2n) is 4.60. The van der Waals surface area contributed by atoms with Crippen LogP contribution in [-0.4, -0.2) is 5.11 Å². The Morgan fingerprint density at radius 1 is 1.24 bits per heavy atom. The maximum Gasteiger partial charge on any atom is 0.165 e. The number of para-hydroxylation sites is 1. The molecule has 1 fully saturated rings. The van der Waals surface area contributed by atoms with Crippen molar-refractivity contribution in [3.05, 3.63) is 29.6 Å². The molecule has 0 bridgehead atoms. The van der Waals surface area contributed by atoms with Gasteiger partial charge in [-0.1, -0.05) is 31.4 Å². The summed E-state index contributed by atoms with van der Waals surface area (Å²) in [6, 6.07) is 4.34. The summed E-state index contributed by atoms with van der Waals surface area (Å²) < 4.78 is 13.2. The van der Waals surface area contributed by atoms with Gasteiger partial charge < -0.3 is 10.8 Å². The average molecular weight is 260 g/mol. The molecule has 0 saturated heterocycles. The van der Waals surface area contributed by atoms with Gasteiger partial charge in [-0.15, -0.1) is 12.4 Å². The molecule has 2 nitrogen and oxygen atoms in total. The third-order valence-electron chi connectivity index (χ3n) is 3.53. The first-order valence-corrected chi connectivity index (χ1v) is 5.93. The Balaban J connectivity index is 0.00000144. The Morgan fingerprint density at radius 3 is 2.53 bits per heavy atom. The Hall–Kier alpha value is -0.800. The zero-order valence-electron chi connectivity index (χ0n) is 9.73. The van der Waals surface area contributed by atoms with Crippen LogP contribution >= 0.6 is 12.4 Å². The molecule has 4 heteroatoms. The molecule has 1 aliphatic carbocycles. The van der Waals surface area contributed by atoms with E-state index in [9.17, 15) is 9.50 Å². The standard InChI is InChI=1S/C13H18FNO.ClH/c14-11-8-4-7-10(13(11)16)12(15)9-5-2-1-3-6-9;/h4,7-9,12,16H,1-3,5-6,15H2;1H/t12-;/m0./s1. The first-order chi connectivity index (χ1) is 7.70. The molecule has 1 saturated carbocycles. The van der Waals surface area contributed by atoms with Gasteiger partial charge in [0.15, 0.2) is 11.6 Å². The van der Waals surface area contributed by atoms with Gasteiger partial charge in [-0.05, 0) is 24.8 Å². The predicted molar refractivity (Wildman–Crippen MR) is 68.8 cm³/mol. The lowest BCUT2D eigenvalue weighted by molar-refractivity contribution is 0.301. The van der Waals surface area contributed by atoms with Gasteiger partial charge in [-0.2, -0.15) is 0 Å². The third-order valence-corrected chi connectivity index (χ3v) is 3.53. The predicted octanol–water partition coefficient (Wildman–Crippen LogP) is 3.53. The van der Waals surface area contributed by atoms with Crippen LogP contribution in [0.1, 0.15) is 43.7 Å². The van der Waals surface area contributed by atoms with E-state index in [-0.39, 0.29) is 24.2 Å². The van der Waals surface area contributed by atoms with E-state index < -0.39 is 5.82 Å². The molecule has 1 atom stereocenters. The van der Waals surface area contributed by atoms with E-state index in [0.29, 0.717) is 11.5 Å². The lowest BCUT2D eigenvalue weighted by Crippen LogP contribution is -2.23. The van der Waals surface area contributed by atoms with Crippen LogP contribution in [-0.2, 0) is 0 Å². The summed E-state index contributed by atoms with van der Waals surface area (Å²) >= 11 is 0. The molecule has 0 spiro atoms. The molecule has 0 unspecified atom stereocenters. The fraction of sp³-hybridized carbons (Fsp3) is 0.538. The van der Waals surface area contributed by atoms with Gasteiger partial charge in [0.2, 0.25) is 0 Å². The van der Waals surface area contributed by atoms with Crippen LogP contribution in [0.3, 0.4) is 0 Å². The van der Waals surface area contributed by atoms with Gasteiger partial charge in [-0.25, -0.2) is 4.39 Å². The molecule has 0 amide bonds. The highest BCUT2D eigenvalue weighted by atomic mass is 35.5. The molecule has 17 heavy (non-hydrogen) atoms. The molecule has 0 aliphatic heterocycles. The van der Waals surface area contributed by atoms with Crippen LogP contribution in [0.4, 0.5) is 4.39 Å². The van der Waals surface area contributed by atoms with Gasteiger partial charge >= 0.3 is 0 Å². The van der Waals surface area contributed by atoms with Gasteiger partial charge in [0, 0.05) is 11.6 Å². The second-order valence-corrected chi connectivity index (χ2v) is 4.60. The zero-order chi connectivity index (χ0) is 11.5. The van der Waals surface area contributed by atoms with Gasteiger partial charge in [0.1, 0.15) is 0 Å². The van der Waals surface area contributed by atoms with Crippen molar-refractivity contribution >= 4 is 12.4 Å². The number of phenolic OH excluding ortho intramolecular Hbond substituents is 1. The van der Waals surface area contributed by atoms with E-state index in [1.807, 2.05) is 0 Å². The normalized spacial score (nSPS) is 18.5. The monoisotopic (exact) mass is 259 g/mol. The van der Waals surface area contributed by atoms with Crippen molar-refractivity contribution in [1.82, 2.24) is 0 Å².